The molecule has 0 aliphatic rings. The van der Waals surface area contributed by atoms with Crippen LogP contribution >= 0.6 is 0 Å². The van der Waals surface area contributed by atoms with Crippen molar-refractivity contribution in [3.05, 3.63) is 45.9 Å². The summed E-state index contributed by atoms with van der Waals surface area (Å²) in [4.78, 5) is 23.7. The van der Waals surface area contributed by atoms with Gasteiger partial charge in [-0.15, -0.1) is 0 Å². The summed E-state index contributed by atoms with van der Waals surface area (Å²) in [6.45, 7) is 1.94. The van der Waals surface area contributed by atoms with Crippen LogP contribution in [-0.2, 0) is 7.05 Å². The van der Waals surface area contributed by atoms with Gasteiger partial charge in [0, 0.05) is 19.5 Å². The van der Waals surface area contributed by atoms with Crippen molar-refractivity contribution < 1.29 is 4.79 Å². The summed E-state index contributed by atoms with van der Waals surface area (Å²) in [5.74, 6) is -0.257. The molecule has 0 saturated heterocycles. The van der Waals surface area contributed by atoms with Crippen LogP contribution in [0.1, 0.15) is 16.1 Å². The van der Waals surface area contributed by atoms with Crippen molar-refractivity contribution in [2.75, 3.05) is 7.05 Å². The van der Waals surface area contributed by atoms with E-state index in [-0.39, 0.29) is 11.5 Å². The maximum absolute atomic E-state index is 12.1. The van der Waals surface area contributed by atoms with Crippen LogP contribution in [0.25, 0.3) is 10.8 Å². The number of carbonyl (C=O) groups is 1. The van der Waals surface area contributed by atoms with E-state index in [0.717, 1.165) is 10.9 Å². The average molecular weight is 230 g/mol. The zero-order valence-corrected chi connectivity index (χ0v) is 10.1. The number of aryl methyl sites for hydroxylation is 1. The summed E-state index contributed by atoms with van der Waals surface area (Å²) in [7, 11) is 3.15. The second-order valence-corrected chi connectivity index (χ2v) is 4.06. The van der Waals surface area contributed by atoms with Crippen LogP contribution in [0.5, 0.6) is 0 Å². The normalized spacial score (nSPS) is 10.5. The van der Waals surface area contributed by atoms with E-state index >= 15 is 0 Å². The molecule has 88 valence electrons. The Morgan fingerprint density at radius 2 is 2.00 bits per heavy atom. The standard InChI is InChI=1S/C13H14N2O2/c1-8-4-5-9-7-11(12(16)14-2)15(3)13(17)10(9)6-8/h4-7H,1-3H3,(H,14,16). The van der Waals surface area contributed by atoms with Crippen LogP contribution in [0.2, 0.25) is 0 Å². The van der Waals surface area contributed by atoms with Gasteiger partial charge in [0.05, 0.1) is 0 Å². The lowest BCUT2D eigenvalue weighted by Crippen LogP contribution is -2.28. The molecule has 2 aromatic rings. The fraction of sp³-hybridized carbons (Fsp3) is 0.231. The highest BCUT2D eigenvalue weighted by molar-refractivity contribution is 5.96. The number of fused-ring (bicyclic) bond motifs is 1. The van der Waals surface area contributed by atoms with E-state index in [2.05, 4.69) is 5.32 Å². The number of carbonyl (C=O) groups excluding carboxylic acids is 1. The van der Waals surface area contributed by atoms with Crippen molar-refractivity contribution >= 4 is 16.7 Å². The lowest BCUT2D eigenvalue weighted by atomic mass is 10.1. The van der Waals surface area contributed by atoms with Gasteiger partial charge in [-0.3, -0.25) is 9.59 Å². The largest absolute Gasteiger partial charge is 0.354 e. The van der Waals surface area contributed by atoms with Gasteiger partial charge in [0.2, 0.25) is 0 Å². The minimum absolute atomic E-state index is 0.148. The lowest BCUT2D eigenvalue weighted by Gasteiger charge is -2.09. The molecule has 0 aliphatic carbocycles. The Hall–Kier alpha value is -2.10. The summed E-state index contributed by atoms with van der Waals surface area (Å²) < 4.78 is 1.38. The van der Waals surface area contributed by atoms with Crippen molar-refractivity contribution in [2.24, 2.45) is 7.05 Å². The van der Waals surface area contributed by atoms with E-state index in [1.165, 1.54) is 4.57 Å². The minimum Gasteiger partial charge on any atom is -0.354 e. The number of nitrogens with zero attached hydrogens (tertiary/aromatic N) is 1. The number of hydrogen-bond acceptors (Lipinski definition) is 2. The number of amides is 1. The smallest absolute Gasteiger partial charge is 0.267 e. The molecule has 4 nitrogen and oxygen atoms in total. The van der Waals surface area contributed by atoms with E-state index in [9.17, 15) is 9.59 Å². The lowest BCUT2D eigenvalue weighted by molar-refractivity contribution is 0.0954. The van der Waals surface area contributed by atoms with Crippen LogP contribution < -0.4 is 10.9 Å². The van der Waals surface area contributed by atoms with Gasteiger partial charge in [0.15, 0.2) is 0 Å². The second-order valence-electron chi connectivity index (χ2n) is 4.06. The summed E-state index contributed by atoms with van der Waals surface area (Å²) in [6, 6.07) is 7.36. The van der Waals surface area contributed by atoms with Gasteiger partial charge in [0.25, 0.3) is 11.5 Å². The first kappa shape index (κ1) is 11.4. The molecule has 0 spiro atoms. The molecule has 0 unspecified atom stereocenters. The van der Waals surface area contributed by atoms with E-state index in [4.69, 9.17) is 0 Å². The van der Waals surface area contributed by atoms with Crippen LogP contribution in [-0.4, -0.2) is 17.5 Å². The van der Waals surface area contributed by atoms with E-state index < -0.39 is 0 Å². The predicted octanol–water partition coefficient (Wildman–Crippen LogP) is 1.21. The third-order valence-electron chi connectivity index (χ3n) is 2.86. The number of pyridine rings is 1. The molecule has 0 aliphatic heterocycles. The maximum Gasteiger partial charge on any atom is 0.267 e. The first-order valence-corrected chi connectivity index (χ1v) is 5.37. The third-order valence-corrected chi connectivity index (χ3v) is 2.86. The van der Waals surface area contributed by atoms with E-state index in [1.807, 2.05) is 25.1 Å². The minimum atomic E-state index is -0.257. The molecule has 4 heteroatoms. The van der Waals surface area contributed by atoms with Crippen molar-refractivity contribution in [2.45, 2.75) is 6.92 Å². The Balaban J connectivity index is 2.84. The van der Waals surface area contributed by atoms with Gasteiger partial charge in [-0.1, -0.05) is 17.7 Å². The Kier molecular flexibility index (Phi) is 2.71. The molecule has 2 rings (SSSR count). The van der Waals surface area contributed by atoms with Crippen molar-refractivity contribution in [3.63, 3.8) is 0 Å². The third kappa shape index (κ3) is 1.82. The Labute approximate surface area is 98.9 Å². The zero-order chi connectivity index (χ0) is 12.6. The van der Waals surface area contributed by atoms with Crippen LogP contribution in [0.3, 0.4) is 0 Å². The van der Waals surface area contributed by atoms with Crippen molar-refractivity contribution in [1.82, 2.24) is 9.88 Å². The van der Waals surface area contributed by atoms with Gasteiger partial charge in [-0.05, 0) is 24.4 Å². The Morgan fingerprint density at radius 3 is 2.65 bits per heavy atom. The van der Waals surface area contributed by atoms with Crippen LogP contribution in [0, 0.1) is 6.92 Å². The van der Waals surface area contributed by atoms with E-state index in [0.29, 0.717) is 11.1 Å². The van der Waals surface area contributed by atoms with Crippen molar-refractivity contribution in [1.29, 1.82) is 0 Å². The topological polar surface area (TPSA) is 51.1 Å². The molecule has 0 radical (unpaired) electrons. The monoisotopic (exact) mass is 230 g/mol. The molecule has 1 aromatic carbocycles. The zero-order valence-electron chi connectivity index (χ0n) is 10.1. The highest BCUT2D eigenvalue weighted by Crippen LogP contribution is 2.13. The summed E-state index contributed by atoms with van der Waals surface area (Å²) in [5, 5.41) is 3.95. The number of benzene rings is 1. The molecule has 0 saturated carbocycles. The summed E-state index contributed by atoms with van der Waals surface area (Å²) >= 11 is 0. The Morgan fingerprint density at radius 1 is 1.29 bits per heavy atom. The number of aromatic nitrogens is 1. The fourth-order valence-electron chi connectivity index (χ4n) is 1.86. The molecule has 17 heavy (non-hydrogen) atoms. The first-order chi connectivity index (χ1) is 8.04. The molecule has 0 bridgehead atoms. The van der Waals surface area contributed by atoms with Crippen molar-refractivity contribution in [3.8, 4) is 0 Å². The Bertz CT molecular complexity index is 656. The number of rotatable bonds is 1. The number of nitrogens with one attached hydrogen (secondary N) is 1. The molecule has 0 fully saturated rings. The molecule has 1 heterocycles. The summed E-state index contributed by atoms with van der Waals surface area (Å²) in [5.41, 5.74) is 1.25. The van der Waals surface area contributed by atoms with Gasteiger partial charge in [-0.2, -0.15) is 0 Å². The predicted molar refractivity (Wildman–Crippen MR) is 67.3 cm³/mol. The first-order valence-electron chi connectivity index (χ1n) is 5.37. The van der Waals surface area contributed by atoms with Gasteiger partial charge in [-0.25, -0.2) is 0 Å². The van der Waals surface area contributed by atoms with Gasteiger partial charge >= 0.3 is 0 Å². The van der Waals surface area contributed by atoms with Crippen LogP contribution in [0.4, 0.5) is 0 Å². The average Bonchev–Trinajstić information content (AvgIpc) is 2.33. The fourth-order valence-corrected chi connectivity index (χ4v) is 1.86. The molecule has 0 atom stereocenters. The highest BCUT2D eigenvalue weighted by Gasteiger charge is 2.11. The molecule has 1 amide bonds. The molecular weight excluding hydrogens is 216 g/mol. The summed E-state index contributed by atoms with van der Waals surface area (Å²) in [6.07, 6.45) is 0. The van der Waals surface area contributed by atoms with Gasteiger partial charge < -0.3 is 9.88 Å². The second kappa shape index (κ2) is 4.05. The quantitative estimate of drug-likeness (QED) is 0.800. The highest BCUT2D eigenvalue weighted by atomic mass is 16.2. The molecule has 1 N–H and O–H groups in total. The van der Waals surface area contributed by atoms with E-state index in [1.54, 1.807) is 20.2 Å². The molecular formula is C13H14N2O2. The molecule has 1 aromatic heterocycles. The number of hydrogen-bond donors (Lipinski definition) is 1. The van der Waals surface area contributed by atoms with Gasteiger partial charge in [0.1, 0.15) is 5.69 Å². The SMILES string of the molecule is CNC(=O)c1cc2ccc(C)cc2c(=O)n1C. The maximum atomic E-state index is 12.1. The van der Waals surface area contributed by atoms with Crippen LogP contribution in [0.15, 0.2) is 29.1 Å².